The number of hydrogen-bond acceptors (Lipinski definition) is 6. The van der Waals surface area contributed by atoms with Gasteiger partial charge in [-0.3, -0.25) is 9.59 Å². The molecule has 4 N–H and O–H groups in total. The Bertz CT molecular complexity index is 1980. The number of H-pyrrole nitrogens is 1. The normalized spacial score (nSPS) is 16.5. The minimum absolute atomic E-state index is 0.0470. The Morgan fingerprint density at radius 3 is 2.43 bits per heavy atom. The van der Waals surface area contributed by atoms with Crippen LogP contribution in [0.4, 0.5) is 21.9 Å². The van der Waals surface area contributed by atoms with Gasteiger partial charge < -0.3 is 35.5 Å². The summed E-state index contributed by atoms with van der Waals surface area (Å²) in [5.41, 5.74) is 10.4. The van der Waals surface area contributed by atoms with Gasteiger partial charge in [-0.15, -0.1) is 0 Å². The molecular formula is C35H33BrN6O4. The van der Waals surface area contributed by atoms with Crippen molar-refractivity contribution in [1.29, 1.82) is 0 Å². The first kappa shape index (κ1) is 29.8. The highest BCUT2D eigenvalue weighted by Crippen LogP contribution is 2.46. The smallest absolute Gasteiger partial charge is 0.409 e. The molecule has 46 heavy (non-hydrogen) atoms. The number of nitrogens with two attached hydrogens (primary N) is 1. The monoisotopic (exact) mass is 680 g/mol. The highest BCUT2D eigenvalue weighted by molar-refractivity contribution is 9.09. The summed E-state index contributed by atoms with van der Waals surface area (Å²) >= 11 is 3.67. The van der Waals surface area contributed by atoms with Crippen LogP contribution in [0, 0.1) is 0 Å². The van der Waals surface area contributed by atoms with Gasteiger partial charge >= 0.3 is 6.09 Å². The van der Waals surface area contributed by atoms with E-state index in [9.17, 15) is 14.4 Å². The number of aromatic amines is 1. The van der Waals surface area contributed by atoms with Gasteiger partial charge in [-0.05, 0) is 66.5 Å². The third-order valence-corrected chi connectivity index (χ3v) is 9.58. The summed E-state index contributed by atoms with van der Waals surface area (Å²) in [7, 11) is 2.04. The first-order valence-electron chi connectivity index (χ1n) is 15.2. The number of alkyl halides is 1. The zero-order valence-electron chi connectivity index (χ0n) is 25.3. The maximum absolute atomic E-state index is 14.1. The van der Waals surface area contributed by atoms with Crippen LogP contribution in [-0.2, 0) is 0 Å². The molecular weight excluding hydrogens is 648 g/mol. The quantitative estimate of drug-likeness (QED) is 0.154. The topological polar surface area (TPSA) is 124 Å². The van der Waals surface area contributed by atoms with Crippen molar-refractivity contribution in [3.05, 3.63) is 95.7 Å². The van der Waals surface area contributed by atoms with Crippen LogP contribution in [0.2, 0.25) is 0 Å². The van der Waals surface area contributed by atoms with Crippen molar-refractivity contribution < 1.29 is 19.1 Å². The van der Waals surface area contributed by atoms with Crippen molar-refractivity contribution in [3.8, 4) is 5.75 Å². The lowest BCUT2D eigenvalue weighted by atomic mass is 9.95. The van der Waals surface area contributed by atoms with Crippen molar-refractivity contribution in [2.75, 3.05) is 61.1 Å². The van der Waals surface area contributed by atoms with Crippen molar-refractivity contribution in [2.24, 2.45) is 0 Å². The number of carbonyl (C=O) groups is 3. The first-order chi connectivity index (χ1) is 22.3. The number of nitrogen functional groups attached to an aromatic ring is 1. The molecule has 0 spiro atoms. The van der Waals surface area contributed by atoms with Gasteiger partial charge in [0, 0.05) is 83.3 Å². The maximum Gasteiger partial charge on any atom is 0.415 e. The minimum Gasteiger partial charge on any atom is -0.409 e. The molecule has 0 radical (unpaired) electrons. The molecule has 1 atom stereocenters. The summed E-state index contributed by atoms with van der Waals surface area (Å²) in [5, 5.41) is 6.16. The van der Waals surface area contributed by atoms with E-state index in [1.807, 2.05) is 49.5 Å². The highest BCUT2D eigenvalue weighted by atomic mass is 79.9. The second kappa shape index (κ2) is 12.1. The SMILES string of the molecule is CN1CCN(C(=O)Oc2cc3c(c4ccccc24)[C@H](CBr)CN3C(=O)c2cc3cc(NC(=O)c4ccc(N)cc4)ccc3[nH]2)CC1. The molecule has 0 aliphatic carbocycles. The number of anilines is 3. The number of nitrogens with zero attached hydrogens (tertiary/aromatic N) is 3. The molecule has 0 saturated carbocycles. The Kier molecular flexibility index (Phi) is 7.87. The Hall–Kier alpha value is -4.87. The largest absolute Gasteiger partial charge is 0.415 e. The average Bonchev–Trinajstić information content (AvgIpc) is 3.66. The maximum atomic E-state index is 14.1. The summed E-state index contributed by atoms with van der Waals surface area (Å²) in [6.45, 7) is 3.24. The van der Waals surface area contributed by atoms with E-state index in [4.69, 9.17) is 10.5 Å². The number of likely N-dealkylation sites (N-methyl/N-ethyl adjacent to an activating group) is 1. The fourth-order valence-corrected chi connectivity index (χ4v) is 6.80. The molecule has 10 nitrogen and oxygen atoms in total. The van der Waals surface area contributed by atoms with E-state index < -0.39 is 0 Å². The van der Waals surface area contributed by atoms with Gasteiger partial charge in [-0.1, -0.05) is 40.2 Å². The van der Waals surface area contributed by atoms with Gasteiger partial charge in [0.15, 0.2) is 0 Å². The summed E-state index contributed by atoms with van der Waals surface area (Å²) in [5.74, 6) is 0.0345. The molecule has 4 aromatic carbocycles. The van der Waals surface area contributed by atoms with E-state index in [0.717, 1.165) is 46.0 Å². The molecule has 0 unspecified atom stereocenters. The molecule has 1 saturated heterocycles. The second-order valence-electron chi connectivity index (χ2n) is 11.8. The lowest BCUT2D eigenvalue weighted by Crippen LogP contribution is -2.48. The number of carbonyl (C=O) groups excluding carboxylic acids is 3. The van der Waals surface area contributed by atoms with Gasteiger partial charge in [-0.2, -0.15) is 0 Å². The zero-order valence-corrected chi connectivity index (χ0v) is 26.8. The third kappa shape index (κ3) is 5.56. The van der Waals surface area contributed by atoms with Crippen molar-refractivity contribution in [1.82, 2.24) is 14.8 Å². The van der Waals surface area contributed by atoms with Crippen molar-refractivity contribution in [2.45, 2.75) is 5.92 Å². The number of fused-ring (bicyclic) bond motifs is 4. The second-order valence-corrected chi connectivity index (χ2v) is 12.5. The molecule has 5 aromatic rings. The van der Waals surface area contributed by atoms with Crippen molar-refractivity contribution in [3.63, 3.8) is 0 Å². The molecule has 7 rings (SSSR count). The number of halogens is 1. The van der Waals surface area contributed by atoms with E-state index in [2.05, 4.69) is 31.1 Å². The zero-order chi connectivity index (χ0) is 31.9. The Morgan fingerprint density at radius 1 is 0.957 bits per heavy atom. The van der Waals surface area contributed by atoms with E-state index in [1.165, 1.54) is 0 Å². The highest BCUT2D eigenvalue weighted by Gasteiger charge is 2.36. The van der Waals surface area contributed by atoms with Crippen LogP contribution in [0.25, 0.3) is 21.7 Å². The summed E-state index contributed by atoms with van der Waals surface area (Å²) < 4.78 is 6.03. The summed E-state index contributed by atoms with van der Waals surface area (Å²) in [6.07, 6.45) is -0.388. The van der Waals surface area contributed by atoms with E-state index in [1.54, 1.807) is 46.2 Å². The number of piperazine rings is 1. The van der Waals surface area contributed by atoms with Crippen LogP contribution >= 0.6 is 15.9 Å². The Labute approximate surface area is 274 Å². The van der Waals surface area contributed by atoms with Gasteiger partial charge in [0.1, 0.15) is 11.4 Å². The molecule has 3 heterocycles. The average molecular weight is 682 g/mol. The van der Waals surface area contributed by atoms with Gasteiger partial charge in [0.05, 0.1) is 5.69 Å². The molecule has 2 aliphatic rings. The summed E-state index contributed by atoms with van der Waals surface area (Å²) in [6, 6.07) is 23.7. The van der Waals surface area contributed by atoms with Crippen LogP contribution < -0.4 is 20.7 Å². The number of nitrogens with one attached hydrogen (secondary N) is 2. The number of amides is 3. The molecule has 3 amide bonds. The number of aromatic nitrogens is 1. The molecule has 2 aliphatic heterocycles. The molecule has 1 fully saturated rings. The number of benzene rings is 4. The fraction of sp³-hybridized carbons (Fsp3) is 0.229. The minimum atomic E-state index is -0.388. The van der Waals surface area contributed by atoms with Gasteiger partial charge in [-0.25, -0.2) is 4.79 Å². The fourth-order valence-electron chi connectivity index (χ4n) is 6.27. The molecule has 11 heteroatoms. The summed E-state index contributed by atoms with van der Waals surface area (Å²) in [4.78, 5) is 49.0. The number of rotatable bonds is 5. The van der Waals surface area contributed by atoms with Crippen LogP contribution in [0.3, 0.4) is 0 Å². The molecule has 234 valence electrons. The molecule has 0 bridgehead atoms. The Morgan fingerprint density at radius 2 is 1.70 bits per heavy atom. The number of hydrogen-bond donors (Lipinski definition) is 3. The molecule has 1 aromatic heterocycles. The van der Waals surface area contributed by atoms with E-state index in [-0.39, 0.29) is 23.8 Å². The lowest BCUT2D eigenvalue weighted by molar-refractivity contribution is 0.0983. The third-order valence-electron chi connectivity index (χ3n) is 8.80. The Balaban J connectivity index is 1.19. The van der Waals surface area contributed by atoms with Crippen molar-refractivity contribution >= 4 is 72.6 Å². The predicted octanol–water partition coefficient (Wildman–Crippen LogP) is 6.04. The standard InChI is InChI=1S/C35H33BrN6O4/c1-40-12-14-41(15-13-40)35(45)46-31-18-30-32(27-5-3-2-4-26(27)31)23(19-36)20-42(30)34(44)29-17-22-16-25(10-11-28(22)39-29)38-33(43)21-6-8-24(37)9-7-21/h2-11,16-18,23,39H,12-15,19-20,37H2,1H3,(H,38,43)/t23-/m1/s1. The van der Waals surface area contributed by atoms with Crippen LogP contribution in [0.5, 0.6) is 5.75 Å². The van der Waals surface area contributed by atoms with E-state index in [0.29, 0.717) is 53.3 Å². The van der Waals surface area contributed by atoms with Gasteiger partial charge in [0.25, 0.3) is 11.8 Å². The van der Waals surface area contributed by atoms with Crippen LogP contribution in [0.15, 0.2) is 78.9 Å². The predicted molar refractivity (Wildman–Crippen MR) is 184 cm³/mol. The number of ether oxygens (including phenoxy) is 1. The van der Waals surface area contributed by atoms with E-state index >= 15 is 0 Å². The van der Waals surface area contributed by atoms with Gasteiger partial charge in [0.2, 0.25) is 0 Å². The van der Waals surface area contributed by atoms with Crippen LogP contribution in [0.1, 0.15) is 32.3 Å². The lowest BCUT2D eigenvalue weighted by Gasteiger charge is -2.31. The first-order valence-corrected chi connectivity index (χ1v) is 16.3. The van der Waals surface area contributed by atoms with Crippen LogP contribution in [-0.4, -0.2) is 77.8 Å².